The Hall–Kier alpha value is 0.460. The average molecular weight is 858 g/mol. The van der Waals surface area contributed by atoms with E-state index in [0.29, 0.717) is 22.8 Å². The van der Waals surface area contributed by atoms with Crippen LogP contribution < -0.4 is 116 Å². The molecule has 0 amide bonds. The second-order valence-electron chi connectivity index (χ2n) is 15.8. The predicted molar refractivity (Wildman–Crippen MR) is 192 cm³/mol. The third kappa shape index (κ3) is 9.94. The van der Waals surface area contributed by atoms with Crippen LogP contribution in [0.3, 0.4) is 0 Å². The van der Waals surface area contributed by atoms with Crippen LogP contribution in [0.2, 0.25) is 0 Å². The third-order valence-electron chi connectivity index (χ3n) is 13.0. The first-order valence-corrected chi connectivity index (χ1v) is 19.2. The Balaban J connectivity index is 0.000000194. The van der Waals surface area contributed by atoms with Crippen molar-refractivity contribution in [2.45, 2.75) is 120 Å². The minimum Gasteiger partial charge on any atom is -0.503 e. The molecule has 0 aliphatic heterocycles. The third-order valence-corrected chi connectivity index (χ3v) is 13.0. The van der Waals surface area contributed by atoms with Gasteiger partial charge in [-0.05, 0) is 121 Å². The van der Waals surface area contributed by atoms with Crippen LogP contribution in [0.4, 0.5) is 17.6 Å². The first kappa shape index (κ1) is 43.6. The molecule has 52 heavy (non-hydrogen) atoms. The monoisotopic (exact) mass is 856 g/mol. The van der Waals surface area contributed by atoms with Gasteiger partial charge in [0, 0.05) is 10.9 Å². The van der Waals surface area contributed by atoms with E-state index in [0.717, 1.165) is 48.2 Å². The van der Waals surface area contributed by atoms with Crippen molar-refractivity contribution in [1.82, 2.24) is 0 Å². The molecule has 0 saturated heterocycles. The first-order chi connectivity index (χ1) is 24.2. The van der Waals surface area contributed by atoms with Crippen molar-refractivity contribution in [3.8, 4) is 5.75 Å². The Morgan fingerprint density at radius 1 is 0.615 bits per heavy atom. The molecule has 4 saturated carbocycles. The minimum absolute atomic E-state index is 0. The Labute approximate surface area is 405 Å². The zero-order valence-corrected chi connectivity index (χ0v) is 40.8. The van der Waals surface area contributed by atoms with Gasteiger partial charge in [-0.15, -0.1) is 0 Å². The molecule has 2 nitrogen and oxygen atoms in total. The van der Waals surface area contributed by atoms with Crippen LogP contribution in [-0.4, -0.2) is 10.9 Å². The molecule has 3 aromatic rings. The van der Waals surface area contributed by atoms with Gasteiger partial charge < -0.3 is 17.9 Å². The number of carbonyl (C=O) groups excluding carboxylic acids is 1. The summed E-state index contributed by atoms with van der Waals surface area (Å²) in [6, 6.07) is 11.9. The fourth-order valence-corrected chi connectivity index (χ4v) is 9.95. The van der Waals surface area contributed by atoms with Crippen LogP contribution in [0.25, 0.3) is 16.8 Å². The van der Waals surface area contributed by atoms with E-state index >= 15 is 0 Å². The van der Waals surface area contributed by atoms with Crippen LogP contribution >= 0.6 is 0 Å². The molecule has 3 aromatic carbocycles. The molecule has 0 radical (unpaired) electrons. The molecule has 8 rings (SSSR count). The number of phenolic OH excluding ortho intramolecular Hbond substituents is 1. The molecular formula is C44H50F4O2Rb2. The van der Waals surface area contributed by atoms with Gasteiger partial charge in [0.1, 0.15) is 0 Å². The van der Waals surface area contributed by atoms with Crippen LogP contribution in [0, 0.1) is 48.1 Å². The average Bonchev–Trinajstić information content (AvgIpc) is 3.16. The van der Waals surface area contributed by atoms with Crippen molar-refractivity contribution in [3.63, 3.8) is 0 Å². The van der Waals surface area contributed by atoms with Crippen molar-refractivity contribution < 1.29 is 144 Å². The van der Waals surface area contributed by atoms with Crippen molar-refractivity contribution in [2.24, 2.45) is 23.7 Å². The van der Waals surface area contributed by atoms with Crippen molar-refractivity contribution in [1.29, 1.82) is 0 Å². The molecule has 4 fully saturated rings. The number of hydrogen-bond acceptors (Lipinski definition) is 2. The summed E-state index contributed by atoms with van der Waals surface area (Å²) in [5, 5.41) is 10.2. The molecule has 0 aromatic heterocycles. The van der Waals surface area contributed by atoms with Gasteiger partial charge in [-0.2, -0.15) is 34.5 Å². The SMILES string of the molecule is O=C1C=Cc2cc(C3CCC(C4CC[CH-]CC4)CC3)ccc2C1(F)F.Oc1c(F)cc2cc(C3CCC(C4CC[CH-]CC4)CC3)ccc2c1F.[Rb+].[Rb+]. The largest absolute Gasteiger partial charge is 1.00 e. The van der Waals surface area contributed by atoms with Gasteiger partial charge in [0.2, 0.25) is 5.78 Å². The quantitative estimate of drug-likeness (QED) is 0.239. The summed E-state index contributed by atoms with van der Waals surface area (Å²) in [5.74, 6) is -2.68. The van der Waals surface area contributed by atoms with Crippen molar-refractivity contribution in [3.05, 3.63) is 95.3 Å². The molecule has 0 bridgehead atoms. The fraction of sp³-hybridized carbons (Fsp3) is 0.523. The van der Waals surface area contributed by atoms with Gasteiger partial charge in [-0.1, -0.05) is 68.2 Å². The normalized spacial score (nSPS) is 26.3. The second-order valence-corrected chi connectivity index (χ2v) is 15.8. The Bertz CT molecular complexity index is 1700. The molecule has 0 atom stereocenters. The summed E-state index contributed by atoms with van der Waals surface area (Å²) in [7, 11) is 0. The van der Waals surface area contributed by atoms with E-state index in [4.69, 9.17) is 0 Å². The van der Waals surface area contributed by atoms with Gasteiger partial charge in [0.15, 0.2) is 17.4 Å². The molecule has 0 heterocycles. The Morgan fingerprint density at radius 3 is 1.63 bits per heavy atom. The fourth-order valence-electron chi connectivity index (χ4n) is 9.95. The van der Waals surface area contributed by atoms with Crippen LogP contribution in [-0.2, 0) is 10.7 Å². The number of fused-ring (bicyclic) bond motifs is 2. The number of ketones is 1. The standard InChI is InChI=1S/2C22H25F2O.2Rb/c23-22(24)20-12-10-18(14-19(20)11-13-21(22)25)17-8-6-16(7-9-17)15-4-2-1-3-5-15;23-20-13-18-12-17(10-11-19(18)21(24)22(20)25)16-8-6-15(7-9-16)14-4-2-1-3-5-14;;/h1,10-17H,2-9H2;1,10-16,25H,2-9H2;;/q2*-1;2*+1. The van der Waals surface area contributed by atoms with Gasteiger partial charge in [-0.3, -0.25) is 4.79 Å². The van der Waals surface area contributed by atoms with Crippen LogP contribution in [0.1, 0.15) is 137 Å². The zero-order chi connectivity index (χ0) is 34.8. The summed E-state index contributed by atoms with van der Waals surface area (Å²) in [6.45, 7) is 0. The number of alkyl halides is 2. The maximum absolute atomic E-state index is 14.0. The number of halogens is 4. The van der Waals surface area contributed by atoms with E-state index in [1.54, 1.807) is 12.1 Å². The number of rotatable bonds is 4. The molecule has 5 aliphatic rings. The van der Waals surface area contributed by atoms with Gasteiger partial charge in [0.05, 0.1) is 0 Å². The summed E-state index contributed by atoms with van der Waals surface area (Å²) in [6.07, 6.45) is 27.6. The molecule has 8 heteroatoms. The maximum atomic E-state index is 14.0. The predicted octanol–water partition coefficient (Wildman–Crippen LogP) is 6.54. The number of carbonyl (C=O) groups is 1. The van der Waals surface area contributed by atoms with Crippen LogP contribution in [0.15, 0.2) is 48.5 Å². The molecule has 5 aliphatic carbocycles. The van der Waals surface area contributed by atoms with E-state index in [-0.39, 0.29) is 127 Å². The smallest absolute Gasteiger partial charge is 0.503 e. The number of allylic oxidation sites excluding steroid dienone is 1. The Kier molecular flexibility index (Phi) is 16.5. The summed E-state index contributed by atoms with van der Waals surface area (Å²) < 4.78 is 55.7. The topological polar surface area (TPSA) is 37.3 Å². The van der Waals surface area contributed by atoms with Crippen LogP contribution in [0.5, 0.6) is 5.75 Å². The number of aromatic hydroxyl groups is 1. The van der Waals surface area contributed by atoms with E-state index in [1.165, 1.54) is 108 Å². The number of benzene rings is 3. The van der Waals surface area contributed by atoms with E-state index in [1.807, 2.05) is 24.3 Å². The minimum atomic E-state index is -3.38. The van der Waals surface area contributed by atoms with Gasteiger partial charge in [-0.25, -0.2) is 8.78 Å². The van der Waals surface area contributed by atoms with Crippen molar-refractivity contribution >= 4 is 22.6 Å². The van der Waals surface area contributed by atoms with Gasteiger partial charge in [0.25, 0.3) is 0 Å². The summed E-state index contributed by atoms with van der Waals surface area (Å²) >= 11 is 0. The Morgan fingerprint density at radius 2 is 1.10 bits per heavy atom. The molecule has 0 spiro atoms. The summed E-state index contributed by atoms with van der Waals surface area (Å²) in [4.78, 5) is 11.4. The maximum Gasteiger partial charge on any atom is 1.00 e. The number of phenols is 1. The van der Waals surface area contributed by atoms with Crippen molar-refractivity contribution in [2.75, 3.05) is 0 Å². The van der Waals surface area contributed by atoms with E-state index < -0.39 is 29.1 Å². The van der Waals surface area contributed by atoms with Gasteiger partial charge >= 0.3 is 122 Å². The summed E-state index contributed by atoms with van der Waals surface area (Å²) in [5.41, 5.74) is 2.69. The second kappa shape index (κ2) is 19.7. The first-order valence-electron chi connectivity index (χ1n) is 19.2. The van der Waals surface area contributed by atoms with E-state index in [9.17, 15) is 27.5 Å². The molecular weight excluding hydrogens is 807 g/mol. The molecule has 0 unspecified atom stereocenters. The molecule has 268 valence electrons. The zero-order valence-electron chi connectivity index (χ0n) is 31.0. The van der Waals surface area contributed by atoms with E-state index in [2.05, 4.69) is 12.8 Å². The molecule has 1 N–H and O–H groups in total. The number of hydrogen-bond donors (Lipinski definition) is 1.